The van der Waals surface area contributed by atoms with Crippen molar-refractivity contribution in [2.24, 2.45) is 11.7 Å². The summed E-state index contributed by atoms with van der Waals surface area (Å²) in [5, 5.41) is 7.09. The van der Waals surface area contributed by atoms with Gasteiger partial charge in [-0.3, -0.25) is 4.79 Å². The Kier molecular flexibility index (Phi) is 4.90. The van der Waals surface area contributed by atoms with Gasteiger partial charge in [-0.2, -0.15) is 5.10 Å². The third-order valence-electron chi connectivity index (χ3n) is 3.18. The van der Waals surface area contributed by atoms with E-state index in [0.29, 0.717) is 6.54 Å². The minimum atomic E-state index is -0.131. The molecule has 106 valence electrons. The van der Waals surface area contributed by atoms with Crippen LogP contribution >= 0.6 is 0 Å². The van der Waals surface area contributed by atoms with Crippen molar-refractivity contribution in [2.75, 3.05) is 11.9 Å². The molecule has 0 aliphatic rings. The number of hydrogen-bond donors (Lipinski definition) is 2. The Labute approximate surface area is 118 Å². The zero-order valence-electron chi connectivity index (χ0n) is 11.6. The van der Waals surface area contributed by atoms with Crippen molar-refractivity contribution in [1.82, 2.24) is 9.78 Å². The van der Waals surface area contributed by atoms with Gasteiger partial charge in [0, 0.05) is 24.6 Å². The molecule has 0 aliphatic heterocycles. The number of rotatable bonds is 6. The number of hydrogen-bond acceptors (Lipinski definition) is 3. The highest BCUT2D eigenvalue weighted by molar-refractivity contribution is 5.92. The summed E-state index contributed by atoms with van der Waals surface area (Å²) in [7, 11) is 0. The highest BCUT2D eigenvalue weighted by atomic mass is 16.1. The average molecular weight is 272 g/mol. The summed E-state index contributed by atoms with van der Waals surface area (Å²) in [6.45, 7) is 2.42. The summed E-state index contributed by atoms with van der Waals surface area (Å²) in [6, 6.07) is 9.45. The molecule has 2 rings (SSSR count). The van der Waals surface area contributed by atoms with Crippen LogP contribution in [0.25, 0.3) is 5.69 Å². The number of anilines is 1. The first kappa shape index (κ1) is 14.3. The molecule has 0 saturated carbocycles. The summed E-state index contributed by atoms with van der Waals surface area (Å²) < 4.78 is 1.75. The lowest BCUT2D eigenvalue weighted by molar-refractivity contribution is -0.119. The molecular weight excluding hydrogens is 252 g/mol. The van der Waals surface area contributed by atoms with Gasteiger partial charge in [0.15, 0.2) is 0 Å². The molecule has 1 aromatic heterocycles. The largest absolute Gasteiger partial charge is 0.330 e. The molecule has 1 aromatic carbocycles. The molecule has 0 aliphatic carbocycles. The van der Waals surface area contributed by atoms with Crippen molar-refractivity contribution in [3.63, 3.8) is 0 Å². The van der Waals surface area contributed by atoms with Gasteiger partial charge in [-0.05, 0) is 30.7 Å². The fourth-order valence-corrected chi connectivity index (χ4v) is 2.10. The molecule has 20 heavy (non-hydrogen) atoms. The number of nitrogens with two attached hydrogens (primary N) is 1. The number of amides is 1. The number of benzene rings is 1. The second kappa shape index (κ2) is 6.86. The average Bonchev–Trinajstić information content (AvgIpc) is 2.99. The van der Waals surface area contributed by atoms with Gasteiger partial charge in [-0.1, -0.05) is 19.4 Å². The van der Waals surface area contributed by atoms with Crippen LogP contribution in [0.15, 0.2) is 42.7 Å². The molecule has 0 bridgehead atoms. The molecule has 3 N–H and O–H groups in total. The molecule has 5 nitrogen and oxygen atoms in total. The zero-order chi connectivity index (χ0) is 14.4. The number of carbonyl (C=O) groups excluding carboxylic acids is 1. The van der Waals surface area contributed by atoms with Gasteiger partial charge in [0.25, 0.3) is 0 Å². The summed E-state index contributed by atoms with van der Waals surface area (Å²) >= 11 is 0. The van der Waals surface area contributed by atoms with E-state index in [-0.39, 0.29) is 11.8 Å². The highest BCUT2D eigenvalue weighted by Gasteiger charge is 2.15. The Morgan fingerprint density at radius 2 is 2.30 bits per heavy atom. The van der Waals surface area contributed by atoms with Crippen LogP contribution in [-0.2, 0) is 4.79 Å². The summed E-state index contributed by atoms with van der Waals surface area (Å²) in [5.41, 5.74) is 7.32. The summed E-state index contributed by atoms with van der Waals surface area (Å²) in [6.07, 6.45) is 5.33. The van der Waals surface area contributed by atoms with Gasteiger partial charge in [0.05, 0.1) is 11.6 Å². The van der Waals surface area contributed by atoms with Crippen molar-refractivity contribution in [2.45, 2.75) is 19.8 Å². The predicted octanol–water partition coefficient (Wildman–Crippen LogP) is 2.19. The lowest BCUT2D eigenvalue weighted by Crippen LogP contribution is -2.29. The Morgan fingerprint density at radius 3 is 2.95 bits per heavy atom. The molecule has 0 saturated heterocycles. The van der Waals surface area contributed by atoms with E-state index in [1.54, 1.807) is 10.9 Å². The smallest absolute Gasteiger partial charge is 0.228 e. The fraction of sp³-hybridized carbons (Fsp3) is 0.333. The van der Waals surface area contributed by atoms with E-state index in [0.717, 1.165) is 24.2 Å². The Hall–Kier alpha value is -2.14. The molecule has 0 spiro atoms. The van der Waals surface area contributed by atoms with Gasteiger partial charge < -0.3 is 11.1 Å². The van der Waals surface area contributed by atoms with Crippen molar-refractivity contribution < 1.29 is 4.79 Å². The maximum atomic E-state index is 12.1. The zero-order valence-corrected chi connectivity index (χ0v) is 11.6. The predicted molar refractivity (Wildman–Crippen MR) is 79.6 cm³/mol. The Balaban J connectivity index is 2.10. The van der Waals surface area contributed by atoms with Crippen molar-refractivity contribution in [3.8, 4) is 5.69 Å². The Morgan fingerprint density at radius 1 is 1.45 bits per heavy atom. The first-order valence-electron chi connectivity index (χ1n) is 6.85. The number of aromatic nitrogens is 2. The van der Waals surface area contributed by atoms with Crippen LogP contribution in [-0.4, -0.2) is 22.2 Å². The number of nitrogens with zero attached hydrogens (tertiary/aromatic N) is 2. The second-order valence-corrected chi connectivity index (χ2v) is 4.71. The summed E-state index contributed by atoms with van der Waals surface area (Å²) in [4.78, 5) is 12.1. The van der Waals surface area contributed by atoms with Crippen molar-refractivity contribution in [3.05, 3.63) is 42.7 Å². The molecule has 5 heteroatoms. The standard InChI is InChI=1S/C15H20N4O/c1-2-5-12(11-16)15(20)18-13-6-3-7-14(10-13)19-9-4-8-17-19/h3-4,6-10,12H,2,5,11,16H2,1H3,(H,18,20). The van der Waals surface area contributed by atoms with E-state index in [4.69, 9.17) is 5.73 Å². The van der Waals surface area contributed by atoms with Gasteiger partial charge in [-0.15, -0.1) is 0 Å². The van der Waals surface area contributed by atoms with Crippen LogP contribution < -0.4 is 11.1 Å². The minimum Gasteiger partial charge on any atom is -0.330 e. The van der Waals surface area contributed by atoms with Crippen LogP contribution in [0.2, 0.25) is 0 Å². The first-order valence-corrected chi connectivity index (χ1v) is 6.85. The molecular formula is C15H20N4O. The van der Waals surface area contributed by atoms with Gasteiger partial charge in [0.2, 0.25) is 5.91 Å². The van der Waals surface area contributed by atoms with E-state index in [1.807, 2.05) is 43.5 Å². The quantitative estimate of drug-likeness (QED) is 0.846. The lowest BCUT2D eigenvalue weighted by Gasteiger charge is -2.14. The van der Waals surface area contributed by atoms with Gasteiger partial charge in [-0.25, -0.2) is 4.68 Å². The maximum absolute atomic E-state index is 12.1. The first-order chi connectivity index (χ1) is 9.74. The summed E-state index contributed by atoms with van der Waals surface area (Å²) in [5.74, 6) is -0.152. The Bertz CT molecular complexity index is 551. The van der Waals surface area contributed by atoms with Crippen LogP contribution in [0.1, 0.15) is 19.8 Å². The molecule has 2 aromatic rings. The molecule has 1 amide bonds. The minimum absolute atomic E-state index is 0.0213. The molecule has 1 atom stereocenters. The number of nitrogens with one attached hydrogen (secondary N) is 1. The lowest BCUT2D eigenvalue weighted by atomic mass is 10.0. The van der Waals surface area contributed by atoms with Gasteiger partial charge >= 0.3 is 0 Å². The van der Waals surface area contributed by atoms with E-state index < -0.39 is 0 Å². The second-order valence-electron chi connectivity index (χ2n) is 4.71. The highest BCUT2D eigenvalue weighted by Crippen LogP contribution is 2.16. The third kappa shape index (κ3) is 3.45. The fourth-order valence-electron chi connectivity index (χ4n) is 2.10. The van der Waals surface area contributed by atoms with Crippen LogP contribution in [0, 0.1) is 5.92 Å². The van der Waals surface area contributed by atoms with E-state index >= 15 is 0 Å². The van der Waals surface area contributed by atoms with E-state index in [2.05, 4.69) is 10.4 Å². The number of carbonyl (C=O) groups is 1. The maximum Gasteiger partial charge on any atom is 0.228 e. The van der Waals surface area contributed by atoms with Crippen LogP contribution in [0.3, 0.4) is 0 Å². The van der Waals surface area contributed by atoms with Gasteiger partial charge in [0.1, 0.15) is 0 Å². The molecule has 1 heterocycles. The van der Waals surface area contributed by atoms with Crippen LogP contribution in [0.5, 0.6) is 0 Å². The van der Waals surface area contributed by atoms with Crippen LogP contribution in [0.4, 0.5) is 5.69 Å². The molecule has 1 unspecified atom stereocenters. The SMILES string of the molecule is CCCC(CN)C(=O)Nc1cccc(-n2cccn2)c1. The monoisotopic (exact) mass is 272 g/mol. The normalized spacial score (nSPS) is 12.1. The molecule has 0 fully saturated rings. The molecule has 0 radical (unpaired) electrons. The van der Waals surface area contributed by atoms with Crippen molar-refractivity contribution >= 4 is 11.6 Å². The van der Waals surface area contributed by atoms with E-state index in [9.17, 15) is 4.79 Å². The van der Waals surface area contributed by atoms with E-state index in [1.165, 1.54) is 0 Å². The third-order valence-corrected chi connectivity index (χ3v) is 3.18. The topological polar surface area (TPSA) is 72.9 Å². The van der Waals surface area contributed by atoms with Crippen molar-refractivity contribution in [1.29, 1.82) is 0 Å².